The Kier molecular flexibility index (Phi) is 5.93. The number of aliphatic hydroxyl groups excluding tert-OH is 2. The molecule has 0 radical (unpaired) electrons. The van der Waals surface area contributed by atoms with Crippen LogP contribution < -0.4 is 4.74 Å². The first kappa shape index (κ1) is 26.3. The molecule has 2 heterocycles. The minimum absolute atomic E-state index is 0.00943. The molecule has 8 heteroatoms. The number of fused-ring (bicyclic) bond motifs is 5. The predicted molar refractivity (Wildman–Crippen MR) is 136 cm³/mol. The van der Waals surface area contributed by atoms with E-state index in [9.17, 15) is 30.0 Å². The molecule has 2 fully saturated rings. The maximum Gasteiger partial charge on any atom is 0.326 e. The Labute approximate surface area is 218 Å². The van der Waals surface area contributed by atoms with Crippen molar-refractivity contribution < 1.29 is 34.8 Å². The Morgan fingerprint density at radius 2 is 1.89 bits per heavy atom. The number of carboxylic acids is 1. The van der Waals surface area contributed by atoms with Crippen LogP contribution in [0.2, 0.25) is 0 Å². The van der Waals surface area contributed by atoms with E-state index in [1.54, 1.807) is 0 Å². The van der Waals surface area contributed by atoms with Crippen molar-refractivity contribution in [3.8, 4) is 11.5 Å². The van der Waals surface area contributed by atoms with Crippen LogP contribution in [0.15, 0.2) is 6.07 Å². The van der Waals surface area contributed by atoms with E-state index < -0.39 is 46.6 Å². The summed E-state index contributed by atoms with van der Waals surface area (Å²) in [5, 5.41) is 42.9. The van der Waals surface area contributed by atoms with E-state index in [0.717, 1.165) is 12.8 Å². The smallest absolute Gasteiger partial charge is 0.326 e. The Morgan fingerprint density at radius 1 is 1.22 bits per heavy atom. The van der Waals surface area contributed by atoms with Gasteiger partial charge in [-0.3, -0.25) is 4.79 Å². The van der Waals surface area contributed by atoms with Gasteiger partial charge in [-0.15, -0.1) is 0 Å². The molecular weight excluding hydrogens is 474 g/mol. The van der Waals surface area contributed by atoms with E-state index in [1.807, 2.05) is 27.7 Å². The summed E-state index contributed by atoms with van der Waals surface area (Å²) >= 11 is 0. The second-order valence-electron chi connectivity index (χ2n) is 13.0. The lowest BCUT2D eigenvalue weighted by atomic mass is 9.43. The molecule has 2 aliphatic carbocycles. The molecule has 0 aromatic heterocycles. The highest BCUT2D eigenvalue weighted by atomic mass is 16.5. The molecule has 1 aromatic carbocycles. The summed E-state index contributed by atoms with van der Waals surface area (Å²) in [6.07, 6.45) is 1.48. The number of ether oxygens (including phenoxy) is 1. The molecule has 8 nitrogen and oxygen atoms in total. The molecule has 2 saturated carbocycles. The number of nitrogens with zero attached hydrogens (tertiary/aromatic N) is 1. The van der Waals surface area contributed by atoms with Gasteiger partial charge < -0.3 is 30.1 Å². The molecule has 2 aliphatic heterocycles. The van der Waals surface area contributed by atoms with Crippen LogP contribution in [-0.4, -0.2) is 61.1 Å². The van der Waals surface area contributed by atoms with Crippen LogP contribution in [0.1, 0.15) is 88.7 Å². The van der Waals surface area contributed by atoms with Gasteiger partial charge >= 0.3 is 5.97 Å². The number of carbonyl (C=O) groups is 2. The minimum atomic E-state index is -1.04. The van der Waals surface area contributed by atoms with Crippen molar-refractivity contribution in [1.29, 1.82) is 0 Å². The average molecular weight is 516 g/mol. The van der Waals surface area contributed by atoms with Crippen LogP contribution in [0.25, 0.3) is 0 Å². The molecule has 4 aliphatic rings. The number of aliphatic hydroxyl groups is 2. The van der Waals surface area contributed by atoms with Gasteiger partial charge in [-0.1, -0.05) is 48.0 Å². The van der Waals surface area contributed by atoms with Crippen molar-refractivity contribution in [1.82, 2.24) is 4.90 Å². The quantitative estimate of drug-likeness (QED) is 0.481. The lowest BCUT2D eigenvalue weighted by Crippen LogP contribution is -2.69. The topological polar surface area (TPSA) is 128 Å². The average Bonchev–Trinajstić information content (AvgIpc) is 3.37. The number of phenols is 1. The molecule has 8 atom stereocenters. The third kappa shape index (κ3) is 3.33. The van der Waals surface area contributed by atoms with E-state index in [2.05, 4.69) is 13.8 Å². The first-order valence-corrected chi connectivity index (χ1v) is 13.7. The fourth-order valence-corrected chi connectivity index (χ4v) is 8.56. The number of amides is 1. The molecule has 0 bridgehead atoms. The zero-order valence-electron chi connectivity index (χ0n) is 22.7. The summed E-state index contributed by atoms with van der Waals surface area (Å²) in [4.78, 5) is 27.0. The lowest BCUT2D eigenvalue weighted by Gasteiger charge is -2.64. The van der Waals surface area contributed by atoms with Gasteiger partial charge in [0.15, 0.2) is 0 Å². The van der Waals surface area contributed by atoms with Gasteiger partial charge in [0.05, 0.1) is 24.3 Å². The Balaban J connectivity index is 1.59. The molecule has 1 aromatic rings. The Hall–Kier alpha value is -2.32. The van der Waals surface area contributed by atoms with E-state index in [4.69, 9.17) is 4.74 Å². The van der Waals surface area contributed by atoms with Gasteiger partial charge in [0.2, 0.25) is 0 Å². The molecule has 0 saturated heterocycles. The number of carbonyl (C=O) groups excluding carboxylic acids is 1. The second-order valence-corrected chi connectivity index (χ2v) is 13.0. The van der Waals surface area contributed by atoms with Crippen LogP contribution >= 0.6 is 0 Å². The highest BCUT2D eigenvalue weighted by Crippen LogP contribution is 2.67. The normalized spacial score (nSPS) is 37.5. The maximum atomic E-state index is 13.4. The zero-order chi connectivity index (χ0) is 27.2. The van der Waals surface area contributed by atoms with E-state index in [-0.39, 0.29) is 30.0 Å². The molecule has 0 unspecified atom stereocenters. The fraction of sp³-hybridized carbons (Fsp3) is 0.724. The predicted octanol–water partition coefficient (Wildman–Crippen LogP) is 3.73. The summed E-state index contributed by atoms with van der Waals surface area (Å²) in [5.74, 6) is -1.00. The Bertz CT molecular complexity index is 1150. The number of aromatic hydroxyl groups is 1. The van der Waals surface area contributed by atoms with E-state index in [1.165, 1.54) is 11.0 Å². The third-order valence-corrected chi connectivity index (χ3v) is 10.9. The summed E-state index contributed by atoms with van der Waals surface area (Å²) < 4.78 is 6.97. The van der Waals surface area contributed by atoms with Crippen LogP contribution in [0.3, 0.4) is 0 Å². The SMILES string of the molecule is CC[C@@H](C)[C@@H](C(=O)O)N1Cc2c(cc(O)c3c2O[C@]2(C3)[C@H](C)CC[C@H]3C(C)(C)[C@H](O)[C@H](O)C[C@@]32C)C1=O. The van der Waals surface area contributed by atoms with Crippen molar-refractivity contribution in [2.24, 2.45) is 28.6 Å². The van der Waals surface area contributed by atoms with Gasteiger partial charge in [0.1, 0.15) is 23.1 Å². The van der Waals surface area contributed by atoms with Crippen molar-refractivity contribution in [3.63, 3.8) is 0 Å². The second kappa shape index (κ2) is 8.34. The molecule has 204 valence electrons. The first-order chi connectivity index (χ1) is 17.2. The van der Waals surface area contributed by atoms with E-state index in [0.29, 0.717) is 41.7 Å². The monoisotopic (exact) mass is 515 g/mol. The lowest BCUT2D eigenvalue weighted by molar-refractivity contribution is -0.240. The molecule has 1 amide bonds. The molecular formula is C29H41NO7. The third-order valence-electron chi connectivity index (χ3n) is 10.9. The number of hydrogen-bond donors (Lipinski definition) is 4. The molecule has 4 N–H and O–H groups in total. The largest absolute Gasteiger partial charge is 0.508 e. The highest BCUT2D eigenvalue weighted by Gasteiger charge is 2.69. The number of benzene rings is 1. The number of aliphatic carboxylic acids is 1. The standard InChI is InChI=1S/C29H41NO7/c1-7-14(2)22(26(35)36)30-13-18-16(25(30)34)10-19(31)17-11-29(37-23(17)18)15(3)8-9-21-27(4,5)24(33)20(32)12-28(21,29)6/h10,14-15,20-22,24,31-33H,7-9,11-13H2,1-6H3,(H,35,36)/t14-,15-,20-,21+,22+,24-,28+,29-/m1/s1. The summed E-state index contributed by atoms with van der Waals surface area (Å²) in [5.41, 5.74) is -0.170. The molecule has 37 heavy (non-hydrogen) atoms. The van der Waals surface area contributed by atoms with Gasteiger partial charge in [-0.05, 0) is 48.5 Å². The molecule has 1 spiro atoms. The summed E-state index contributed by atoms with van der Waals surface area (Å²) in [6, 6.07) is 0.509. The fourth-order valence-electron chi connectivity index (χ4n) is 8.56. The van der Waals surface area contributed by atoms with Crippen LogP contribution in [-0.2, 0) is 17.8 Å². The van der Waals surface area contributed by atoms with Crippen molar-refractivity contribution >= 4 is 11.9 Å². The van der Waals surface area contributed by atoms with E-state index >= 15 is 0 Å². The van der Waals surface area contributed by atoms with Crippen LogP contribution in [0, 0.1) is 28.6 Å². The van der Waals surface area contributed by atoms with Gasteiger partial charge in [0.25, 0.3) is 5.91 Å². The van der Waals surface area contributed by atoms with Gasteiger partial charge in [-0.25, -0.2) is 4.79 Å². The van der Waals surface area contributed by atoms with Crippen LogP contribution in [0.5, 0.6) is 11.5 Å². The van der Waals surface area contributed by atoms with Gasteiger partial charge in [0, 0.05) is 23.0 Å². The number of carboxylic acid groups (broad SMARTS) is 1. The minimum Gasteiger partial charge on any atom is -0.508 e. The summed E-state index contributed by atoms with van der Waals surface area (Å²) in [7, 11) is 0. The zero-order valence-corrected chi connectivity index (χ0v) is 22.7. The van der Waals surface area contributed by atoms with Gasteiger partial charge in [-0.2, -0.15) is 0 Å². The number of phenolic OH excluding ortho intramolecular Hbond substituents is 1. The first-order valence-electron chi connectivity index (χ1n) is 13.7. The Morgan fingerprint density at radius 3 is 2.51 bits per heavy atom. The van der Waals surface area contributed by atoms with Crippen LogP contribution in [0.4, 0.5) is 0 Å². The highest BCUT2D eigenvalue weighted by molar-refractivity contribution is 6.02. The summed E-state index contributed by atoms with van der Waals surface area (Å²) in [6.45, 7) is 12.2. The number of rotatable bonds is 4. The van der Waals surface area contributed by atoms with Crippen molar-refractivity contribution in [3.05, 3.63) is 22.8 Å². The van der Waals surface area contributed by atoms with Crippen molar-refractivity contribution in [2.75, 3.05) is 0 Å². The van der Waals surface area contributed by atoms with Crippen molar-refractivity contribution in [2.45, 2.75) is 104 Å². The molecule has 5 rings (SSSR count). The maximum absolute atomic E-state index is 13.4. The number of hydrogen-bond acceptors (Lipinski definition) is 6.